The number of aliphatic hydroxyl groups is 2. The number of nitrogens with zero attached hydrogens (tertiary/aromatic N) is 1. The zero-order chi connectivity index (χ0) is 13.5. The highest BCUT2D eigenvalue weighted by Gasteiger charge is 2.16. The molecule has 0 saturated carbocycles. The van der Waals surface area contributed by atoms with Gasteiger partial charge in [0.1, 0.15) is 5.75 Å². The Kier molecular flexibility index (Phi) is 5.61. The van der Waals surface area contributed by atoms with Crippen molar-refractivity contribution in [2.45, 2.75) is 13.0 Å². The predicted molar refractivity (Wildman–Crippen MR) is 67.7 cm³/mol. The Labute approximate surface area is 107 Å². The topological polar surface area (TPSA) is 70.0 Å². The molecule has 5 nitrogen and oxygen atoms in total. The molecule has 5 heteroatoms. The standard InChI is InChI=1S/C13H19NO4/c1-10(16)9-14(7-8-15)13(17)11-3-5-12(18-2)6-4-11/h3-6,10,15-16H,7-9H2,1-2H3. The van der Waals surface area contributed by atoms with Crippen LogP contribution in [-0.2, 0) is 0 Å². The molecule has 1 unspecified atom stereocenters. The number of benzene rings is 1. The van der Waals surface area contributed by atoms with E-state index < -0.39 is 6.10 Å². The summed E-state index contributed by atoms with van der Waals surface area (Å²) in [5.41, 5.74) is 0.505. The largest absolute Gasteiger partial charge is 0.497 e. The minimum Gasteiger partial charge on any atom is -0.497 e. The summed E-state index contributed by atoms with van der Waals surface area (Å²) in [5, 5.41) is 18.3. The average molecular weight is 253 g/mol. The van der Waals surface area contributed by atoms with Crippen LogP contribution in [0.3, 0.4) is 0 Å². The van der Waals surface area contributed by atoms with Crippen molar-refractivity contribution in [3.63, 3.8) is 0 Å². The number of carbonyl (C=O) groups excluding carboxylic acids is 1. The molecule has 0 fully saturated rings. The molecular weight excluding hydrogens is 234 g/mol. The first-order valence-electron chi connectivity index (χ1n) is 5.80. The van der Waals surface area contributed by atoms with Gasteiger partial charge in [0, 0.05) is 18.7 Å². The van der Waals surface area contributed by atoms with Crippen molar-refractivity contribution in [3.05, 3.63) is 29.8 Å². The average Bonchev–Trinajstić information content (AvgIpc) is 2.37. The van der Waals surface area contributed by atoms with Gasteiger partial charge in [-0.2, -0.15) is 0 Å². The fourth-order valence-electron chi connectivity index (χ4n) is 1.63. The highest BCUT2D eigenvalue weighted by atomic mass is 16.5. The molecule has 18 heavy (non-hydrogen) atoms. The molecule has 100 valence electrons. The van der Waals surface area contributed by atoms with E-state index in [0.29, 0.717) is 11.3 Å². The highest BCUT2D eigenvalue weighted by Crippen LogP contribution is 2.13. The van der Waals surface area contributed by atoms with Crippen LogP contribution in [0.4, 0.5) is 0 Å². The Morgan fingerprint density at radius 2 is 2.00 bits per heavy atom. The molecule has 1 atom stereocenters. The molecule has 0 spiro atoms. The number of hydrogen-bond donors (Lipinski definition) is 2. The maximum atomic E-state index is 12.1. The summed E-state index contributed by atoms with van der Waals surface area (Å²) in [7, 11) is 1.56. The van der Waals surface area contributed by atoms with E-state index in [0.717, 1.165) is 0 Å². The quantitative estimate of drug-likeness (QED) is 0.775. The van der Waals surface area contributed by atoms with Gasteiger partial charge in [-0.15, -0.1) is 0 Å². The van der Waals surface area contributed by atoms with Crippen LogP contribution in [0, 0.1) is 0 Å². The smallest absolute Gasteiger partial charge is 0.254 e. The molecule has 0 aliphatic heterocycles. The molecule has 0 aromatic heterocycles. The van der Waals surface area contributed by atoms with Crippen molar-refractivity contribution >= 4 is 5.91 Å². The Bertz CT molecular complexity index is 375. The third kappa shape index (κ3) is 4.01. The molecule has 0 saturated heterocycles. The fourth-order valence-corrected chi connectivity index (χ4v) is 1.63. The zero-order valence-corrected chi connectivity index (χ0v) is 10.7. The summed E-state index contributed by atoms with van der Waals surface area (Å²) in [6.45, 7) is 1.88. The molecular formula is C13H19NO4. The van der Waals surface area contributed by atoms with Gasteiger partial charge in [-0.05, 0) is 31.2 Å². The van der Waals surface area contributed by atoms with Crippen LogP contribution in [0.15, 0.2) is 24.3 Å². The Morgan fingerprint density at radius 3 is 2.44 bits per heavy atom. The van der Waals surface area contributed by atoms with Crippen molar-refractivity contribution in [1.29, 1.82) is 0 Å². The third-order valence-electron chi connectivity index (χ3n) is 2.48. The molecule has 0 radical (unpaired) electrons. The van der Waals surface area contributed by atoms with Crippen molar-refractivity contribution in [2.75, 3.05) is 26.8 Å². The highest BCUT2D eigenvalue weighted by molar-refractivity contribution is 5.94. The Morgan fingerprint density at radius 1 is 1.39 bits per heavy atom. The lowest BCUT2D eigenvalue weighted by atomic mass is 10.2. The van der Waals surface area contributed by atoms with Gasteiger partial charge in [-0.3, -0.25) is 4.79 Å². The molecule has 0 bridgehead atoms. The Hall–Kier alpha value is -1.59. The van der Waals surface area contributed by atoms with E-state index in [2.05, 4.69) is 0 Å². The summed E-state index contributed by atoms with van der Waals surface area (Å²) in [6, 6.07) is 6.72. The van der Waals surface area contributed by atoms with E-state index >= 15 is 0 Å². The normalized spacial score (nSPS) is 12.0. The van der Waals surface area contributed by atoms with Crippen LogP contribution in [0.25, 0.3) is 0 Å². The van der Waals surface area contributed by atoms with Gasteiger partial charge in [-0.1, -0.05) is 0 Å². The molecule has 2 N–H and O–H groups in total. The molecule has 1 aromatic rings. The first-order chi connectivity index (χ1) is 8.58. The monoisotopic (exact) mass is 253 g/mol. The van der Waals surface area contributed by atoms with Crippen molar-refractivity contribution < 1.29 is 19.7 Å². The van der Waals surface area contributed by atoms with Gasteiger partial charge in [0.25, 0.3) is 5.91 Å². The van der Waals surface area contributed by atoms with E-state index in [-0.39, 0.29) is 25.6 Å². The predicted octanol–water partition coefficient (Wildman–Crippen LogP) is 0.510. The SMILES string of the molecule is COc1ccc(C(=O)N(CCO)CC(C)O)cc1. The minimum absolute atomic E-state index is 0.130. The summed E-state index contributed by atoms with van der Waals surface area (Å²) in [4.78, 5) is 13.6. The number of rotatable bonds is 6. The van der Waals surface area contributed by atoms with Gasteiger partial charge in [0.05, 0.1) is 19.8 Å². The van der Waals surface area contributed by atoms with Crippen LogP contribution in [-0.4, -0.2) is 53.9 Å². The molecule has 0 aliphatic rings. The van der Waals surface area contributed by atoms with Crippen molar-refractivity contribution in [1.82, 2.24) is 4.90 Å². The summed E-state index contributed by atoms with van der Waals surface area (Å²) >= 11 is 0. The van der Waals surface area contributed by atoms with E-state index in [1.165, 1.54) is 4.90 Å². The number of methoxy groups -OCH3 is 1. The van der Waals surface area contributed by atoms with Gasteiger partial charge in [0.2, 0.25) is 0 Å². The maximum Gasteiger partial charge on any atom is 0.254 e. The second-order valence-electron chi connectivity index (χ2n) is 4.05. The van der Waals surface area contributed by atoms with Gasteiger partial charge < -0.3 is 19.8 Å². The summed E-state index contributed by atoms with van der Waals surface area (Å²) in [5.74, 6) is 0.461. The lowest BCUT2D eigenvalue weighted by Crippen LogP contribution is -2.38. The first kappa shape index (κ1) is 14.5. The van der Waals surface area contributed by atoms with E-state index in [9.17, 15) is 9.90 Å². The van der Waals surface area contributed by atoms with Gasteiger partial charge in [-0.25, -0.2) is 0 Å². The molecule has 0 aliphatic carbocycles. The van der Waals surface area contributed by atoms with Crippen LogP contribution in [0.2, 0.25) is 0 Å². The van der Waals surface area contributed by atoms with Crippen molar-refractivity contribution in [3.8, 4) is 5.75 Å². The Balaban J connectivity index is 2.80. The molecule has 1 aromatic carbocycles. The number of hydrogen-bond acceptors (Lipinski definition) is 4. The van der Waals surface area contributed by atoms with Gasteiger partial charge in [0.15, 0.2) is 0 Å². The second-order valence-corrected chi connectivity index (χ2v) is 4.05. The van der Waals surface area contributed by atoms with E-state index in [1.54, 1.807) is 38.3 Å². The van der Waals surface area contributed by atoms with Gasteiger partial charge >= 0.3 is 0 Å². The molecule has 0 heterocycles. The van der Waals surface area contributed by atoms with Crippen LogP contribution in [0.5, 0.6) is 5.75 Å². The third-order valence-corrected chi connectivity index (χ3v) is 2.48. The fraction of sp³-hybridized carbons (Fsp3) is 0.462. The summed E-state index contributed by atoms with van der Waals surface area (Å²) in [6.07, 6.45) is -0.626. The maximum absolute atomic E-state index is 12.1. The number of ether oxygens (including phenoxy) is 1. The molecule has 1 amide bonds. The second kappa shape index (κ2) is 6.98. The van der Waals surface area contributed by atoms with Crippen LogP contribution >= 0.6 is 0 Å². The van der Waals surface area contributed by atoms with E-state index in [1.807, 2.05) is 0 Å². The van der Waals surface area contributed by atoms with Crippen LogP contribution < -0.4 is 4.74 Å². The first-order valence-corrected chi connectivity index (χ1v) is 5.80. The van der Waals surface area contributed by atoms with Crippen molar-refractivity contribution in [2.24, 2.45) is 0 Å². The number of amides is 1. The van der Waals surface area contributed by atoms with E-state index in [4.69, 9.17) is 9.84 Å². The lowest BCUT2D eigenvalue weighted by molar-refractivity contribution is 0.0605. The zero-order valence-electron chi connectivity index (χ0n) is 10.7. The number of carbonyl (C=O) groups is 1. The summed E-state index contributed by atoms with van der Waals surface area (Å²) < 4.78 is 5.02. The minimum atomic E-state index is -0.626. The molecule has 1 rings (SSSR count). The number of aliphatic hydroxyl groups excluding tert-OH is 2. The lowest BCUT2D eigenvalue weighted by Gasteiger charge is -2.23. The van der Waals surface area contributed by atoms with Crippen LogP contribution in [0.1, 0.15) is 17.3 Å².